The molecule has 0 amide bonds. The maximum atomic E-state index is 13.2. The van der Waals surface area contributed by atoms with E-state index < -0.39 is 91.5 Å². The zero-order valence-electron chi connectivity index (χ0n) is 86.5. The molecule has 0 saturated heterocycles. The number of ether oxygens (including phenoxy) is 3. The minimum absolute atomic E-state index is 0.104. The number of esters is 3. The number of unbranched alkanes of at least 4 members (excludes halogenated alkanes) is 54. The van der Waals surface area contributed by atoms with Gasteiger partial charge in [0.25, 0.3) is 0 Å². The van der Waals surface area contributed by atoms with Gasteiger partial charge in [-0.05, 0) is 161 Å². The van der Waals surface area contributed by atoms with Crippen LogP contribution in [0.1, 0.15) is 496 Å². The number of hydrogen-bond donors (Lipinski definition) is 4. The molecule has 5 unspecified atom stereocenters. The zero-order valence-corrected chi connectivity index (χ0v) is 88.3. The van der Waals surface area contributed by atoms with E-state index in [9.17, 15) is 43.5 Å². The second-order valence-corrected chi connectivity index (χ2v) is 40.0. The average molecular weight is 1930 g/mol. The summed E-state index contributed by atoms with van der Waals surface area (Å²) in [5, 5.41) is 20.8. The number of allylic oxidation sites excluding steroid dienone is 28. The van der Waals surface area contributed by atoms with Gasteiger partial charge in [-0.3, -0.25) is 32.5 Å². The first-order valence-electron chi connectivity index (χ1n) is 55.4. The van der Waals surface area contributed by atoms with Crippen molar-refractivity contribution in [2.75, 3.05) is 39.6 Å². The van der Waals surface area contributed by atoms with Crippen molar-refractivity contribution in [1.82, 2.24) is 0 Å². The molecule has 0 rings (SSSR count). The summed E-state index contributed by atoms with van der Waals surface area (Å²) in [5.74, 6) is -1.55. The molecule has 0 heterocycles. The van der Waals surface area contributed by atoms with Crippen LogP contribution < -0.4 is 0 Å². The summed E-state index contributed by atoms with van der Waals surface area (Å²) >= 11 is 0. The summed E-state index contributed by atoms with van der Waals surface area (Å²) in [5.41, 5.74) is 0. The van der Waals surface area contributed by atoms with Gasteiger partial charge >= 0.3 is 33.6 Å². The Bertz CT molecular complexity index is 3140. The fraction of sp³-hybridized carbons (Fsp3) is 0.735. The lowest BCUT2D eigenvalue weighted by molar-refractivity contribution is -0.161. The Morgan fingerprint density at radius 3 is 0.622 bits per heavy atom. The summed E-state index contributed by atoms with van der Waals surface area (Å²) in [6, 6.07) is 0. The van der Waals surface area contributed by atoms with Crippen LogP contribution >= 0.6 is 15.6 Å². The zero-order chi connectivity index (χ0) is 97.8. The Morgan fingerprint density at radius 1 is 0.215 bits per heavy atom. The van der Waals surface area contributed by atoms with Crippen molar-refractivity contribution < 1.29 is 75.8 Å². The fourth-order valence-electron chi connectivity index (χ4n) is 15.5. The molecule has 0 aliphatic carbocycles. The van der Waals surface area contributed by atoms with E-state index in [0.717, 1.165) is 141 Å². The number of carbonyl (C=O) groups is 3. The van der Waals surface area contributed by atoms with Crippen molar-refractivity contribution >= 4 is 33.6 Å². The van der Waals surface area contributed by atoms with Crippen molar-refractivity contribution in [2.45, 2.75) is 514 Å². The van der Waals surface area contributed by atoms with E-state index in [-0.39, 0.29) is 19.3 Å². The van der Waals surface area contributed by atoms with Gasteiger partial charge in [-0.1, -0.05) is 486 Å². The summed E-state index contributed by atoms with van der Waals surface area (Å²) in [6.45, 7) is 2.61. The number of phosphoric acid groups is 2. The molecular weight excluding hydrogens is 1720 g/mol. The smallest absolute Gasteiger partial charge is 0.463 e. The monoisotopic (exact) mass is 1930 g/mol. The first kappa shape index (κ1) is 130. The summed E-state index contributed by atoms with van der Waals surface area (Å²) < 4.78 is 61.8. The number of aliphatic hydroxyl groups excluding tert-OH is 2. The number of carbonyl (C=O) groups excluding carboxylic acids is 3. The average Bonchev–Trinajstić information content (AvgIpc) is 0.900. The predicted molar refractivity (Wildman–Crippen MR) is 574 cm³/mol. The number of rotatable bonds is 105. The van der Waals surface area contributed by atoms with Crippen molar-refractivity contribution in [3.63, 3.8) is 0 Å². The number of aliphatic hydroxyl groups is 2. The summed E-state index contributed by atoms with van der Waals surface area (Å²) in [6.07, 6.45) is 143. The Balaban J connectivity index is 4.59. The molecule has 135 heavy (non-hydrogen) atoms. The van der Waals surface area contributed by atoms with Crippen molar-refractivity contribution in [3.05, 3.63) is 170 Å². The van der Waals surface area contributed by atoms with Crippen LogP contribution in [0.3, 0.4) is 0 Å². The second kappa shape index (κ2) is 108. The van der Waals surface area contributed by atoms with Gasteiger partial charge in [0.2, 0.25) is 0 Å². The molecular formula is C117H204O16P2. The van der Waals surface area contributed by atoms with E-state index in [1.165, 1.54) is 295 Å². The van der Waals surface area contributed by atoms with E-state index in [2.05, 4.69) is 191 Å². The van der Waals surface area contributed by atoms with Crippen LogP contribution in [-0.2, 0) is 55.8 Å². The molecule has 0 fully saturated rings. The lowest BCUT2D eigenvalue weighted by Crippen LogP contribution is -2.30. The molecule has 778 valence electrons. The van der Waals surface area contributed by atoms with E-state index in [1.807, 2.05) is 0 Å². The third-order valence-electron chi connectivity index (χ3n) is 23.9. The van der Waals surface area contributed by atoms with Crippen molar-refractivity contribution in [3.8, 4) is 0 Å². The molecule has 0 aromatic heterocycles. The highest BCUT2D eigenvalue weighted by atomic mass is 31.2. The molecule has 0 aliphatic heterocycles. The molecule has 16 nitrogen and oxygen atoms in total. The maximum absolute atomic E-state index is 13.2. The summed E-state index contributed by atoms with van der Waals surface area (Å²) in [7, 11) is -9.82. The van der Waals surface area contributed by atoms with Crippen LogP contribution in [0.4, 0.5) is 0 Å². The predicted octanol–water partition coefficient (Wildman–Crippen LogP) is 35.7. The number of hydrogen-bond acceptors (Lipinski definition) is 14. The van der Waals surface area contributed by atoms with E-state index >= 15 is 0 Å². The van der Waals surface area contributed by atoms with Gasteiger partial charge in [-0.25, -0.2) is 9.13 Å². The highest BCUT2D eigenvalue weighted by molar-refractivity contribution is 7.47. The Morgan fingerprint density at radius 2 is 0.393 bits per heavy atom. The third kappa shape index (κ3) is 109. The van der Waals surface area contributed by atoms with E-state index in [1.54, 1.807) is 0 Å². The quantitative estimate of drug-likeness (QED) is 0.0146. The topological polar surface area (TPSA) is 231 Å². The van der Waals surface area contributed by atoms with Crippen LogP contribution in [0.15, 0.2) is 170 Å². The highest BCUT2D eigenvalue weighted by Crippen LogP contribution is 2.45. The minimum Gasteiger partial charge on any atom is -0.463 e. The number of phosphoric ester groups is 2. The lowest BCUT2D eigenvalue weighted by atomic mass is 10.0. The SMILES string of the molecule is CC/C=C\C/C=C\C/C=C\C/C=C\C/C=C\C/C=C\CCCCCCCCCCCCCCCCCCC(=O)OCC(O)COP(=O)(O)OCC(O)COP(=O)(O)OCC(COC(=O)CCCCCCCCCCCCCCCCCCC/C=C\C/C=C\C/C=C\C/C=C\CCCCC)OC(=O)CCCCCCCCCCCCCCCCC/C=C\C/C=C\C/C=C\C/C=C\CCCCC. The van der Waals surface area contributed by atoms with Gasteiger partial charge in [0.1, 0.15) is 25.4 Å². The Hall–Kier alpha value is -5.09. The van der Waals surface area contributed by atoms with Gasteiger partial charge in [0.05, 0.1) is 26.4 Å². The largest absolute Gasteiger partial charge is 0.472 e. The first-order chi connectivity index (χ1) is 66.2. The van der Waals surface area contributed by atoms with Crippen LogP contribution in [0.2, 0.25) is 0 Å². The molecule has 18 heteroatoms. The lowest BCUT2D eigenvalue weighted by Gasteiger charge is -2.21. The maximum Gasteiger partial charge on any atom is 0.472 e. The molecule has 5 atom stereocenters. The third-order valence-corrected chi connectivity index (χ3v) is 25.8. The summed E-state index contributed by atoms with van der Waals surface area (Å²) in [4.78, 5) is 59.4. The van der Waals surface area contributed by atoms with Crippen molar-refractivity contribution in [1.29, 1.82) is 0 Å². The van der Waals surface area contributed by atoms with Crippen LogP contribution in [0.5, 0.6) is 0 Å². The molecule has 0 radical (unpaired) electrons. The molecule has 4 N–H and O–H groups in total. The molecule has 0 aliphatic rings. The van der Waals surface area contributed by atoms with Crippen LogP contribution in [-0.4, -0.2) is 95.9 Å². The van der Waals surface area contributed by atoms with Gasteiger partial charge < -0.3 is 34.2 Å². The standard InChI is InChI=1S/C117H204O16P2/c1-4-7-10-13-16-19-22-25-28-31-34-37-40-43-46-49-52-54-55-57-60-61-64-67-70-73-76-79-82-85-88-91-94-97-100-103-115(120)127-106-112(118)107-129-134(123,124)130-108-113(119)109-131-135(125,126)132-111-114(133-117(122)105-102-99-96-93-90-87-84-81-78-75-72-69-66-63-58-51-48-45-42-39-36-33-30-27-24-21-18-15-12-9-6-3)110-128-116(121)104-101-98-95-92-89-86-83-80-77-74-71-68-65-62-59-56-53-50-47-44-41-38-35-32-29-26-23-20-17-14-11-8-5-2/h7,10,16-21,25-30,34-39,43-48,52,54,112-114,118-119H,4-6,8-9,11-15,22-24,31-33,40-42,49-51,53,55-111H2,1-3H3,(H,123,124)(H,125,126)/b10-7-,19-16-,20-17-,21-18-,28-25-,29-26-,30-27-,37-34-,38-35-,39-36-,46-43-,47-44-,48-45-,54-52-. The minimum atomic E-state index is -4.95. The van der Waals surface area contributed by atoms with E-state index in [0.29, 0.717) is 19.3 Å². The van der Waals surface area contributed by atoms with Crippen LogP contribution in [0, 0.1) is 0 Å². The molecule has 0 spiro atoms. The van der Waals surface area contributed by atoms with Gasteiger partial charge in [0.15, 0.2) is 6.10 Å². The fourth-order valence-corrected chi connectivity index (χ4v) is 17.1. The first-order valence-corrected chi connectivity index (χ1v) is 58.4. The normalized spacial score (nSPS) is 14.2. The van der Waals surface area contributed by atoms with E-state index in [4.69, 9.17) is 32.3 Å². The second-order valence-electron chi connectivity index (χ2n) is 37.1. The molecule has 0 bridgehead atoms. The van der Waals surface area contributed by atoms with Crippen molar-refractivity contribution in [2.24, 2.45) is 0 Å². The van der Waals surface area contributed by atoms with Gasteiger partial charge in [-0.15, -0.1) is 0 Å². The molecule has 0 aromatic rings. The Kier molecular flexibility index (Phi) is 104. The molecule has 0 aromatic carbocycles. The molecule has 0 saturated carbocycles. The van der Waals surface area contributed by atoms with Crippen LogP contribution in [0.25, 0.3) is 0 Å². The Labute approximate surface area is 828 Å². The van der Waals surface area contributed by atoms with Gasteiger partial charge in [-0.2, -0.15) is 0 Å². The van der Waals surface area contributed by atoms with Gasteiger partial charge in [0, 0.05) is 19.3 Å². The highest BCUT2D eigenvalue weighted by Gasteiger charge is 2.30.